The summed E-state index contributed by atoms with van der Waals surface area (Å²) in [4.78, 5) is 12.7. The standard InChI is InChI=1S/C13H15F2NO4S/c1-9-7-16(4-5-20-9)13(17)8-21(18,19)12-3-2-10(14)6-11(12)15/h2-3,6,9H,4-5,7-8H2,1H3/t9-/m1/s1. The maximum absolute atomic E-state index is 13.5. The Hall–Kier alpha value is -1.54. The molecule has 0 aromatic heterocycles. The lowest BCUT2D eigenvalue weighted by Crippen LogP contribution is -2.46. The average Bonchev–Trinajstić information content (AvgIpc) is 2.37. The van der Waals surface area contributed by atoms with Crippen LogP contribution in [0.1, 0.15) is 6.92 Å². The molecule has 1 saturated heterocycles. The van der Waals surface area contributed by atoms with Crippen molar-refractivity contribution in [1.82, 2.24) is 4.90 Å². The van der Waals surface area contributed by atoms with Crippen LogP contribution in [-0.2, 0) is 19.4 Å². The van der Waals surface area contributed by atoms with Gasteiger partial charge in [0.1, 0.15) is 22.3 Å². The highest BCUT2D eigenvalue weighted by Crippen LogP contribution is 2.18. The van der Waals surface area contributed by atoms with E-state index in [9.17, 15) is 22.0 Å². The largest absolute Gasteiger partial charge is 0.375 e. The molecule has 1 aliphatic rings. The number of nitrogens with zero attached hydrogens (tertiary/aromatic N) is 1. The molecule has 21 heavy (non-hydrogen) atoms. The molecule has 0 unspecified atom stereocenters. The van der Waals surface area contributed by atoms with Crippen molar-refractivity contribution in [3.05, 3.63) is 29.8 Å². The number of rotatable bonds is 3. The molecule has 1 heterocycles. The van der Waals surface area contributed by atoms with Crippen molar-refractivity contribution in [3.8, 4) is 0 Å². The number of benzene rings is 1. The van der Waals surface area contributed by atoms with Gasteiger partial charge in [0.2, 0.25) is 5.91 Å². The SMILES string of the molecule is C[C@@H]1CN(C(=O)CS(=O)(=O)c2ccc(F)cc2F)CCO1. The first-order chi connectivity index (χ1) is 9.79. The summed E-state index contributed by atoms with van der Waals surface area (Å²) in [6, 6.07) is 2.15. The number of carbonyl (C=O) groups is 1. The molecule has 1 aromatic rings. The van der Waals surface area contributed by atoms with Gasteiger partial charge in [-0.25, -0.2) is 17.2 Å². The highest BCUT2D eigenvalue weighted by Gasteiger charge is 2.28. The fourth-order valence-corrected chi connectivity index (χ4v) is 3.40. The monoisotopic (exact) mass is 319 g/mol. The zero-order valence-corrected chi connectivity index (χ0v) is 12.2. The molecule has 0 N–H and O–H groups in total. The summed E-state index contributed by atoms with van der Waals surface area (Å²) < 4.78 is 55.7. The molecule has 1 aromatic carbocycles. The maximum Gasteiger partial charge on any atom is 0.238 e. The first-order valence-electron chi connectivity index (χ1n) is 6.37. The van der Waals surface area contributed by atoms with E-state index < -0.39 is 38.0 Å². The van der Waals surface area contributed by atoms with Gasteiger partial charge in [-0.3, -0.25) is 4.79 Å². The van der Waals surface area contributed by atoms with Crippen LogP contribution in [0.4, 0.5) is 8.78 Å². The lowest BCUT2D eigenvalue weighted by Gasteiger charge is -2.31. The second-order valence-corrected chi connectivity index (χ2v) is 6.81. The summed E-state index contributed by atoms with van der Waals surface area (Å²) >= 11 is 0. The molecule has 1 atom stereocenters. The van der Waals surface area contributed by atoms with Gasteiger partial charge in [-0.05, 0) is 19.1 Å². The summed E-state index contributed by atoms with van der Waals surface area (Å²) in [5.41, 5.74) is 0. The van der Waals surface area contributed by atoms with Gasteiger partial charge in [-0.15, -0.1) is 0 Å². The summed E-state index contributed by atoms with van der Waals surface area (Å²) in [5.74, 6) is -3.53. The zero-order chi connectivity index (χ0) is 15.6. The number of hydrogen-bond donors (Lipinski definition) is 0. The molecule has 2 rings (SSSR count). The van der Waals surface area contributed by atoms with E-state index in [0.29, 0.717) is 25.8 Å². The van der Waals surface area contributed by atoms with Gasteiger partial charge in [0, 0.05) is 19.2 Å². The van der Waals surface area contributed by atoms with Crippen LogP contribution in [0.15, 0.2) is 23.1 Å². The van der Waals surface area contributed by atoms with Crippen molar-refractivity contribution in [3.63, 3.8) is 0 Å². The minimum atomic E-state index is -4.15. The first kappa shape index (κ1) is 15.8. The molecular formula is C13H15F2NO4S. The maximum atomic E-state index is 13.5. The van der Waals surface area contributed by atoms with Crippen molar-refractivity contribution >= 4 is 15.7 Å². The molecule has 116 valence electrons. The number of sulfone groups is 1. The quantitative estimate of drug-likeness (QED) is 0.779. The summed E-state index contributed by atoms with van der Waals surface area (Å²) in [5, 5.41) is 0. The molecular weight excluding hydrogens is 304 g/mol. The van der Waals surface area contributed by atoms with Crippen LogP contribution in [0.2, 0.25) is 0 Å². The van der Waals surface area contributed by atoms with Crippen LogP contribution >= 0.6 is 0 Å². The molecule has 8 heteroatoms. The van der Waals surface area contributed by atoms with E-state index in [2.05, 4.69) is 0 Å². The van der Waals surface area contributed by atoms with Crippen molar-refractivity contribution in [2.45, 2.75) is 17.9 Å². The second-order valence-electron chi connectivity index (χ2n) is 4.85. The van der Waals surface area contributed by atoms with Crippen LogP contribution in [0.5, 0.6) is 0 Å². The van der Waals surface area contributed by atoms with Gasteiger partial charge < -0.3 is 9.64 Å². The predicted molar refractivity (Wildman–Crippen MR) is 70.4 cm³/mol. The van der Waals surface area contributed by atoms with Crippen molar-refractivity contribution < 1.29 is 26.7 Å². The molecule has 1 amide bonds. The van der Waals surface area contributed by atoms with E-state index in [1.165, 1.54) is 4.90 Å². The second kappa shape index (κ2) is 6.07. The number of amides is 1. The molecule has 0 radical (unpaired) electrons. The Balaban J connectivity index is 2.15. The Kier molecular flexibility index (Phi) is 4.58. The van der Waals surface area contributed by atoms with Crippen LogP contribution in [0.3, 0.4) is 0 Å². The van der Waals surface area contributed by atoms with Crippen LogP contribution in [0.25, 0.3) is 0 Å². The van der Waals surface area contributed by atoms with E-state index in [-0.39, 0.29) is 6.10 Å². The number of hydrogen-bond acceptors (Lipinski definition) is 4. The minimum absolute atomic E-state index is 0.173. The fourth-order valence-electron chi connectivity index (χ4n) is 2.10. The molecule has 0 saturated carbocycles. The normalized spacial score (nSPS) is 19.6. The lowest BCUT2D eigenvalue weighted by atomic mass is 10.3. The number of ether oxygens (including phenoxy) is 1. The summed E-state index contributed by atoms with van der Waals surface area (Å²) in [6.07, 6.45) is -0.173. The molecule has 0 aliphatic carbocycles. The van der Waals surface area contributed by atoms with E-state index in [1.54, 1.807) is 6.92 Å². The van der Waals surface area contributed by atoms with Gasteiger partial charge in [0.05, 0.1) is 12.7 Å². The Morgan fingerprint density at radius 1 is 1.43 bits per heavy atom. The third-order valence-corrected chi connectivity index (χ3v) is 4.76. The van der Waals surface area contributed by atoms with E-state index in [4.69, 9.17) is 4.74 Å². The third kappa shape index (κ3) is 3.76. The lowest BCUT2D eigenvalue weighted by molar-refractivity contribution is -0.135. The Morgan fingerprint density at radius 3 is 2.76 bits per heavy atom. The topological polar surface area (TPSA) is 63.7 Å². The van der Waals surface area contributed by atoms with E-state index in [1.807, 2.05) is 0 Å². The van der Waals surface area contributed by atoms with Crippen LogP contribution in [0, 0.1) is 11.6 Å². The third-order valence-electron chi connectivity index (χ3n) is 3.14. The van der Waals surface area contributed by atoms with Gasteiger partial charge in [0.15, 0.2) is 9.84 Å². The number of carbonyl (C=O) groups excluding carboxylic acids is 1. The average molecular weight is 319 g/mol. The smallest absolute Gasteiger partial charge is 0.238 e. The summed E-state index contributed by atoms with van der Waals surface area (Å²) in [7, 11) is -4.15. The molecule has 0 spiro atoms. The van der Waals surface area contributed by atoms with Crippen molar-refractivity contribution in [1.29, 1.82) is 0 Å². The molecule has 5 nitrogen and oxygen atoms in total. The van der Waals surface area contributed by atoms with E-state index >= 15 is 0 Å². The van der Waals surface area contributed by atoms with Crippen LogP contribution < -0.4 is 0 Å². The van der Waals surface area contributed by atoms with Gasteiger partial charge in [-0.2, -0.15) is 0 Å². The number of halogens is 2. The van der Waals surface area contributed by atoms with Gasteiger partial charge >= 0.3 is 0 Å². The molecule has 0 bridgehead atoms. The molecule has 1 fully saturated rings. The van der Waals surface area contributed by atoms with Gasteiger partial charge in [-0.1, -0.05) is 0 Å². The molecule has 1 aliphatic heterocycles. The highest BCUT2D eigenvalue weighted by molar-refractivity contribution is 7.92. The fraction of sp³-hybridized carbons (Fsp3) is 0.462. The zero-order valence-electron chi connectivity index (χ0n) is 11.4. The first-order valence-corrected chi connectivity index (χ1v) is 8.02. The number of morpholine rings is 1. The summed E-state index contributed by atoms with van der Waals surface area (Å²) in [6.45, 7) is 2.69. The predicted octanol–water partition coefficient (Wildman–Crippen LogP) is 0.986. The van der Waals surface area contributed by atoms with E-state index in [0.717, 1.165) is 12.1 Å². The highest BCUT2D eigenvalue weighted by atomic mass is 32.2. The van der Waals surface area contributed by atoms with Crippen molar-refractivity contribution in [2.75, 3.05) is 25.4 Å². The Labute approximate surface area is 121 Å². The Bertz CT molecular complexity index is 648. The van der Waals surface area contributed by atoms with Crippen LogP contribution in [-0.4, -0.2) is 50.8 Å². The minimum Gasteiger partial charge on any atom is -0.375 e. The van der Waals surface area contributed by atoms with Gasteiger partial charge in [0.25, 0.3) is 0 Å². The Morgan fingerprint density at radius 2 is 2.14 bits per heavy atom. The van der Waals surface area contributed by atoms with Crippen molar-refractivity contribution in [2.24, 2.45) is 0 Å².